The monoisotopic (exact) mass is 384 g/mol. The minimum atomic E-state index is -4.43. The Hall–Kier alpha value is -2.27. The van der Waals surface area contributed by atoms with E-state index in [0.717, 1.165) is 17.7 Å². The van der Waals surface area contributed by atoms with Gasteiger partial charge in [0, 0.05) is 12.7 Å². The van der Waals surface area contributed by atoms with Crippen molar-refractivity contribution in [2.45, 2.75) is 16.4 Å². The van der Waals surface area contributed by atoms with Crippen LogP contribution in [0.25, 0.3) is 0 Å². The zero-order valence-corrected chi connectivity index (χ0v) is 14.8. The number of methoxy groups -OCH3 is 1. The van der Waals surface area contributed by atoms with E-state index in [1.165, 1.54) is 31.4 Å². The SMILES string of the molecule is COCc1ccc(C(=O)NS(=O)(=O)c2ccccc2S(N)(=O)=O)cc1. The molecule has 0 radical (unpaired) electrons. The molecule has 10 heteroatoms. The summed E-state index contributed by atoms with van der Waals surface area (Å²) < 4.78 is 54.6. The van der Waals surface area contributed by atoms with Crippen molar-refractivity contribution in [3.05, 3.63) is 59.7 Å². The molecule has 0 aliphatic heterocycles. The summed E-state index contributed by atoms with van der Waals surface area (Å²) in [5, 5.41) is 5.02. The van der Waals surface area contributed by atoms with Gasteiger partial charge in [0.05, 0.1) is 6.61 Å². The molecule has 0 aliphatic carbocycles. The normalized spacial score (nSPS) is 11.9. The van der Waals surface area contributed by atoms with Gasteiger partial charge in [-0.05, 0) is 29.8 Å². The number of primary sulfonamides is 1. The van der Waals surface area contributed by atoms with Crippen LogP contribution in [0.5, 0.6) is 0 Å². The Labute approximate surface area is 145 Å². The van der Waals surface area contributed by atoms with E-state index < -0.39 is 35.7 Å². The van der Waals surface area contributed by atoms with Gasteiger partial charge in [-0.2, -0.15) is 0 Å². The third-order valence-corrected chi connectivity index (χ3v) is 5.69. The fourth-order valence-electron chi connectivity index (χ4n) is 2.06. The Kier molecular flexibility index (Phi) is 5.58. The van der Waals surface area contributed by atoms with Crippen molar-refractivity contribution in [2.75, 3.05) is 7.11 Å². The van der Waals surface area contributed by atoms with Crippen LogP contribution in [0.15, 0.2) is 58.3 Å². The molecule has 0 heterocycles. The number of amides is 1. The quantitative estimate of drug-likeness (QED) is 0.749. The van der Waals surface area contributed by atoms with E-state index >= 15 is 0 Å². The van der Waals surface area contributed by atoms with Gasteiger partial charge in [-0.25, -0.2) is 26.7 Å². The average molecular weight is 384 g/mol. The fraction of sp³-hybridized carbons (Fsp3) is 0.133. The first-order chi connectivity index (χ1) is 11.6. The van der Waals surface area contributed by atoms with Crippen LogP contribution < -0.4 is 9.86 Å². The molecule has 1 amide bonds. The molecule has 2 rings (SSSR count). The van der Waals surface area contributed by atoms with E-state index in [0.29, 0.717) is 6.61 Å². The predicted octanol–water partition coefficient (Wildman–Crippen LogP) is 0.599. The largest absolute Gasteiger partial charge is 0.380 e. The Morgan fingerprint density at radius 3 is 2.08 bits per heavy atom. The predicted molar refractivity (Wildman–Crippen MR) is 89.6 cm³/mol. The maximum Gasteiger partial charge on any atom is 0.265 e. The van der Waals surface area contributed by atoms with Crippen molar-refractivity contribution in [1.29, 1.82) is 0 Å². The highest BCUT2D eigenvalue weighted by Crippen LogP contribution is 2.19. The van der Waals surface area contributed by atoms with Crippen LogP contribution in [0.1, 0.15) is 15.9 Å². The van der Waals surface area contributed by atoms with E-state index in [1.807, 2.05) is 4.72 Å². The summed E-state index contributed by atoms with van der Waals surface area (Å²) in [4.78, 5) is 11.0. The van der Waals surface area contributed by atoms with E-state index in [9.17, 15) is 21.6 Å². The van der Waals surface area contributed by atoms with Crippen LogP contribution in [-0.4, -0.2) is 29.9 Å². The lowest BCUT2D eigenvalue weighted by atomic mass is 10.1. The first kappa shape index (κ1) is 19.1. The summed E-state index contributed by atoms with van der Waals surface area (Å²) in [6, 6.07) is 10.9. The number of nitrogens with two attached hydrogens (primary N) is 1. The van der Waals surface area contributed by atoms with Crippen LogP contribution in [0.3, 0.4) is 0 Å². The number of hydrogen-bond donors (Lipinski definition) is 2. The van der Waals surface area contributed by atoms with E-state index in [4.69, 9.17) is 9.88 Å². The zero-order valence-electron chi connectivity index (χ0n) is 13.2. The van der Waals surface area contributed by atoms with Gasteiger partial charge in [-0.15, -0.1) is 0 Å². The molecule has 3 N–H and O–H groups in total. The van der Waals surface area contributed by atoms with Crippen LogP contribution in [0.4, 0.5) is 0 Å². The summed E-state index contributed by atoms with van der Waals surface area (Å²) in [5.74, 6) is -0.895. The molecule has 2 aromatic carbocycles. The van der Waals surface area contributed by atoms with Crippen molar-refractivity contribution >= 4 is 26.0 Å². The molecule has 0 saturated heterocycles. The van der Waals surface area contributed by atoms with Crippen molar-refractivity contribution < 1.29 is 26.4 Å². The Balaban J connectivity index is 2.32. The Morgan fingerprint density at radius 2 is 1.56 bits per heavy atom. The number of nitrogens with one attached hydrogen (secondary N) is 1. The fourth-order valence-corrected chi connectivity index (χ4v) is 4.42. The standard InChI is InChI=1S/C15H16N2O6S2/c1-23-10-11-6-8-12(9-7-11)15(18)17-25(21,22)14-5-3-2-4-13(14)24(16,19)20/h2-9H,10H2,1H3,(H,17,18)(H2,16,19,20). The summed E-state index contributed by atoms with van der Waals surface area (Å²) in [5.41, 5.74) is 0.901. The summed E-state index contributed by atoms with van der Waals surface area (Å²) in [6.07, 6.45) is 0. The third-order valence-electron chi connectivity index (χ3n) is 3.20. The van der Waals surface area contributed by atoms with Crippen LogP contribution in [-0.2, 0) is 31.4 Å². The number of hydrogen-bond acceptors (Lipinski definition) is 6. The second-order valence-electron chi connectivity index (χ2n) is 5.06. The molecule has 0 spiro atoms. The molecule has 0 bridgehead atoms. The van der Waals surface area contributed by atoms with E-state index in [-0.39, 0.29) is 5.56 Å². The number of benzene rings is 2. The number of rotatable bonds is 6. The van der Waals surface area contributed by atoms with Gasteiger partial charge in [-0.3, -0.25) is 4.79 Å². The van der Waals surface area contributed by atoms with Gasteiger partial charge in [0.2, 0.25) is 10.0 Å². The molecule has 25 heavy (non-hydrogen) atoms. The smallest absolute Gasteiger partial charge is 0.265 e. The molecule has 8 nitrogen and oxygen atoms in total. The Morgan fingerprint density at radius 1 is 1.00 bits per heavy atom. The number of carbonyl (C=O) groups is 1. The van der Waals surface area contributed by atoms with E-state index in [1.54, 1.807) is 12.1 Å². The van der Waals surface area contributed by atoms with Gasteiger partial charge in [0.1, 0.15) is 9.79 Å². The summed E-state index contributed by atoms with van der Waals surface area (Å²) >= 11 is 0. The van der Waals surface area contributed by atoms with Crippen molar-refractivity contribution in [3.63, 3.8) is 0 Å². The van der Waals surface area contributed by atoms with Gasteiger partial charge in [-0.1, -0.05) is 24.3 Å². The first-order valence-corrected chi connectivity index (χ1v) is 9.95. The number of sulfonamides is 2. The van der Waals surface area contributed by atoms with Gasteiger partial charge in [0.15, 0.2) is 0 Å². The average Bonchev–Trinajstić information content (AvgIpc) is 2.54. The number of carbonyl (C=O) groups excluding carboxylic acids is 1. The lowest BCUT2D eigenvalue weighted by Crippen LogP contribution is -2.32. The minimum Gasteiger partial charge on any atom is -0.380 e. The van der Waals surface area contributed by atoms with Gasteiger partial charge < -0.3 is 4.74 Å². The van der Waals surface area contributed by atoms with Crippen LogP contribution >= 0.6 is 0 Å². The van der Waals surface area contributed by atoms with Gasteiger partial charge in [0.25, 0.3) is 15.9 Å². The third kappa shape index (κ3) is 4.63. The number of ether oxygens (including phenoxy) is 1. The zero-order chi connectivity index (χ0) is 18.7. The molecular formula is C15H16N2O6S2. The second-order valence-corrected chi connectivity index (χ2v) is 8.24. The maximum atomic E-state index is 12.4. The minimum absolute atomic E-state index is 0.0940. The summed E-state index contributed by atoms with van der Waals surface area (Å²) in [7, 11) is -7.17. The van der Waals surface area contributed by atoms with Crippen molar-refractivity contribution in [3.8, 4) is 0 Å². The van der Waals surface area contributed by atoms with Gasteiger partial charge >= 0.3 is 0 Å². The topological polar surface area (TPSA) is 133 Å². The maximum absolute atomic E-state index is 12.4. The van der Waals surface area contributed by atoms with Crippen molar-refractivity contribution in [2.24, 2.45) is 5.14 Å². The molecule has 0 aromatic heterocycles. The molecule has 134 valence electrons. The summed E-state index contributed by atoms with van der Waals surface area (Å²) in [6.45, 7) is 0.349. The lowest BCUT2D eigenvalue weighted by Gasteiger charge is -2.10. The highest BCUT2D eigenvalue weighted by molar-refractivity contribution is 7.92. The van der Waals surface area contributed by atoms with Crippen LogP contribution in [0.2, 0.25) is 0 Å². The molecule has 0 atom stereocenters. The molecule has 0 saturated carbocycles. The first-order valence-electron chi connectivity index (χ1n) is 6.92. The van der Waals surface area contributed by atoms with E-state index in [2.05, 4.69) is 0 Å². The molecule has 0 aliphatic rings. The highest BCUT2D eigenvalue weighted by Gasteiger charge is 2.26. The van der Waals surface area contributed by atoms with Crippen LogP contribution in [0, 0.1) is 0 Å². The lowest BCUT2D eigenvalue weighted by molar-refractivity contribution is 0.0981. The molecular weight excluding hydrogens is 368 g/mol. The molecule has 2 aromatic rings. The van der Waals surface area contributed by atoms with Crippen molar-refractivity contribution in [1.82, 2.24) is 4.72 Å². The molecule has 0 unspecified atom stereocenters. The second kappa shape index (κ2) is 7.31. The molecule has 0 fully saturated rings. The highest BCUT2D eigenvalue weighted by atomic mass is 32.2. The Bertz CT molecular complexity index is 983.